The van der Waals surface area contributed by atoms with Crippen molar-refractivity contribution in [2.24, 2.45) is 5.92 Å². The van der Waals surface area contributed by atoms with Gasteiger partial charge in [0.1, 0.15) is 0 Å². The summed E-state index contributed by atoms with van der Waals surface area (Å²) < 4.78 is 0. The molecule has 1 N–H and O–H groups in total. The van der Waals surface area contributed by atoms with Gasteiger partial charge in [-0.15, -0.1) is 10.2 Å². The van der Waals surface area contributed by atoms with Gasteiger partial charge in [-0.25, -0.2) is 0 Å². The van der Waals surface area contributed by atoms with E-state index >= 15 is 0 Å². The van der Waals surface area contributed by atoms with Crippen molar-refractivity contribution >= 4 is 11.7 Å². The third kappa shape index (κ3) is 4.14. The first-order valence-electron chi connectivity index (χ1n) is 7.63. The summed E-state index contributed by atoms with van der Waals surface area (Å²) in [6.07, 6.45) is 2.43. The van der Waals surface area contributed by atoms with E-state index in [-0.39, 0.29) is 5.91 Å². The fraction of sp³-hybridized carbons (Fsp3) is 0.667. The summed E-state index contributed by atoms with van der Waals surface area (Å²) in [5.74, 6) is 1.41. The van der Waals surface area contributed by atoms with Crippen LogP contribution in [0.2, 0.25) is 0 Å². The van der Waals surface area contributed by atoms with Gasteiger partial charge in [0.25, 0.3) is 5.91 Å². The van der Waals surface area contributed by atoms with E-state index < -0.39 is 0 Å². The van der Waals surface area contributed by atoms with Crippen LogP contribution in [-0.2, 0) is 0 Å². The molecule has 0 saturated carbocycles. The summed E-state index contributed by atoms with van der Waals surface area (Å²) in [4.78, 5) is 15.6. The number of aromatic nitrogens is 2. The Balaban J connectivity index is 1.99. The van der Waals surface area contributed by atoms with Crippen LogP contribution in [0.15, 0.2) is 12.1 Å². The second-order valence-electron chi connectivity index (χ2n) is 5.74. The molecule has 1 atom stereocenters. The predicted molar refractivity (Wildman–Crippen MR) is 83.5 cm³/mol. The van der Waals surface area contributed by atoms with Crippen LogP contribution in [0.1, 0.15) is 30.3 Å². The highest BCUT2D eigenvalue weighted by Crippen LogP contribution is 2.20. The first-order chi connectivity index (χ1) is 10.1. The number of carbonyl (C=O) groups is 1. The molecule has 0 radical (unpaired) electrons. The molecule has 1 aliphatic heterocycles. The summed E-state index contributed by atoms with van der Waals surface area (Å²) in [6.45, 7) is 6.21. The number of nitrogens with zero attached hydrogens (tertiary/aromatic N) is 4. The van der Waals surface area contributed by atoms with E-state index in [4.69, 9.17) is 0 Å². The number of piperidine rings is 1. The van der Waals surface area contributed by atoms with Gasteiger partial charge in [0.05, 0.1) is 0 Å². The van der Waals surface area contributed by atoms with Crippen molar-refractivity contribution in [1.82, 2.24) is 20.4 Å². The quantitative estimate of drug-likeness (QED) is 0.877. The Morgan fingerprint density at radius 2 is 2.24 bits per heavy atom. The van der Waals surface area contributed by atoms with Gasteiger partial charge in [-0.1, -0.05) is 6.92 Å². The first kappa shape index (κ1) is 15.7. The second kappa shape index (κ2) is 7.36. The lowest BCUT2D eigenvalue weighted by atomic mass is 9.98. The maximum Gasteiger partial charge on any atom is 0.273 e. The van der Waals surface area contributed by atoms with Crippen molar-refractivity contribution < 1.29 is 4.79 Å². The molecule has 1 aromatic rings. The third-order valence-electron chi connectivity index (χ3n) is 3.80. The smallest absolute Gasteiger partial charge is 0.273 e. The molecule has 21 heavy (non-hydrogen) atoms. The molecular weight excluding hydrogens is 266 g/mol. The van der Waals surface area contributed by atoms with Crippen LogP contribution in [0.4, 0.5) is 5.82 Å². The SMILES string of the molecule is CCNCC1CCCN(c2ccc(C(=O)N(C)C)nn2)C1. The Kier molecular flexibility index (Phi) is 5.50. The van der Waals surface area contributed by atoms with Gasteiger partial charge in [-0.05, 0) is 44.0 Å². The Morgan fingerprint density at radius 3 is 2.86 bits per heavy atom. The number of anilines is 1. The third-order valence-corrected chi connectivity index (χ3v) is 3.80. The van der Waals surface area contributed by atoms with Crippen molar-refractivity contribution in [2.45, 2.75) is 19.8 Å². The molecule has 1 aromatic heterocycles. The second-order valence-corrected chi connectivity index (χ2v) is 5.74. The summed E-state index contributed by atoms with van der Waals surface area (Å²) in [6, 6.07) is 3.66. The minimum atomic E-state index is -0.113. The number of amides is 1. The zero-order valence-corrected chi connectivity index (χ0v) is 13.2. The number of hydrogen-bond donors (Lipinski definition) is 1. The highest BCUT2D eigenvalue weighted by atomic mass is 16.2. The van der Waals surface area contributed by atoms with Gasteiger partial charge in [0, 0.05) is 27.2 Å². The van der Waals surface area contributed by atoms with Crippen LogP contribution in [0, 0.1) is 5.92 Å². The van der Waals surface area contributed by atoms with Crippen LogP contribution in [0.25, 0.3) is 0 Å². The molecule has 1 saturated heterocycles. The Labute approximate surface area is 126 Å². The van der Waals surface area contributed by atoms with E-state index in [0.29, 0.717) is 11.6 Å². The molecule has 1 unspecified atom stereocenters. The van der Waals surface area contributed by atoms with E-state index in [9.17, 15) is 4.79 Å². The van der Waals surface area contributed by atoms with Crippen molar-refractivity contribution in [2.75, 3.05) is 45.2 Å². The van der Waals surface area contributed by atoms with Crippen molar-refractivity contribution in [3.8, 4) is 0 Å². The Morgan fingerprint density at radius 1 is 1.43 bits per heavy atom. The molecule has 0 bridgehead atoms. The Bertz CT molecular complexity index is 460. The molecule has 2 heterocycles. The van der Waals surface area contributed by atoms with Gasteiger partial charge in [0.2, 0.25) is 0 Å². The van der Waals surface area contributed by atoms with E-state index in [2.05, 4.69) is 27.3 Å². The average molecular weight is 291 g/mol. The number of rotatable bonds is 5. The first-order valence-corrected chi connectivity index (χ1v) is 7.63. The van der Waals surface area contributed by atoms with E-state index in [1.165, 1.54) is 17.7 Å². The standard InChI is InChI=1S/C15H25N5O/c1-4-16-10-12-6-5-9-20(11-12)14-8-7-13(17-18-14)15(21)19(2)3/h7-8,12,16H,4-6,9-11H2,1-3H3. The van der Waals surface area contributed by atoms with Gasteiger partial charge in [0.15, 0.2) is 11.5 Å². The largest absolute Gasteiger partial charge is 0.355 e. The van der Waals surface area contributed by atoms with Crippen molar-refractivity contribution in [3.63, 3.8) is 0 Å². The van der Waals surface area contributed by atoms with Gasteiger partial charge < -0.3 is 15.1 Å². The highest BCUT2D eigenvalue weighted by molar-refractivity contribution is 5.91. The van der Waals surface area contributed by atoms with E-state index in [0.717, 1.165) is 32.0 Å². The molecule has 1 fully saturated rings. The number of nitrogens with one attached hydrogen (secondary N) is 1. The molecule has 0 aromatic carbocycles. The molecular formula is C15H25N5O. The van der Waals surface area contributed by atoms with Crippen molar-refractivity contribution in [3.05, 3.63) is 17.8 Å². The summed E-state index contributed by atoms with van der Waals surface area (Å²) in [5, 5.41) is 11.7. The predicted octanol–water partition coefficient (Wildman–Crippen LogP) is 1.00. The monoisotopic (exact) mass is 291 g/mol. The maximum atomic E-state index is 11.8. The molecule has 1 amide bonds. The van der Waals surface area contributed by atoms with E-state index in [1.807, 2.05) is 6.07 Å². The zero-order chi connectivity index (χ0) is 15.2. The van der Waals surface area contributed by atoms with Crippen molar-refractivity contribution in [1.29, 1.82) is 0 Å². The minimum absolute atomic E-state index is 0.113. The maximum absolute atomic E-state index is 11.8. The molecule has 0 spiro atoms. The van der Waals surface area contributed by atoms with Crippen LogP contribution >= 0.6 is 0 Å². The van der Waals surface area contributed by atoms with Gasteiger partial charge in [-0.3, -0.25) is 4.79 Å². The lowest BCUT2D eigenvalue weighted by Crippen LogP contribution is -2.40. The van der Waals surface area contributed by atoms with Crippen LogP contribution in [0.5, 0.6) is 0 Å². The molecule has 6 heteroatoms. The van der Waals surface area contributed by atoms with Gasteiger partial charge >= 0.3 is 0 Å². The molecule has 116 valence electrons. The van der Waals surface area contributed by atoms with Crippen LogP contribution in [-0.4, -0.2) is 61.3 Å². The molecule has 1 aliphatic rings. The Hall–Kier alpha value is -1.69. The van der Waals surface area contributed by atoms with Gasteiger partial charge in [-0.2, -0.15) is 0 Å². The average Bonchev–Trinajstić information content (AvgIpc) is 2.52. The summed E-state index contributed by atoms with van der Waals surface area (Å²) in [5.41, 5.74) is 0.393. The lowest BCUT2D eigenvalue weighted by molar-refractivity contribution is 0.0821. The number of hydrogen-bond acceptors (Lipinski definition) is 5. The topological polar surface area (TPSA) is 61.4 Å². The summed E-state index contributed by atoms with van der Waals surface area (Å²) >= 11 is 0. The number of carbonyl (C=O) groups excluding carboxylic acids is 1. The lowest BCUT2D eigenvalue weighted by Gasteiger charge is -2.33. The van der Waals surface area contributed by atoms with Crippen LogP contribution in [0.3, 0.4) is 0 Å². The zero-order valence-electron chi connectivity index (χ0n) is 13.2. The molecule has 0 aliphatic carbocycles. The summed E-state index contributed by atoms with van der Waals surface area (Å²) in [7, 11) is 3.43. The molecule has 6 nitrogen and oxygen atoms in total. The fourth-order valence-corrected chi connectivity index (χ4v) is 2.63. The fourth-order valence-electron chi connectivity index (χ4n) is 2.63. The highest BCUT2D eigenvalue weighted by Gasteiger charge is 2.21. The normalized spacial score (nSPS) is 18.6. The molecule has 2 rings (SSSR count). The van der Waals surface area contributed by atoms with Crippen LogP contribution < -0.4 is 10.2 Å². The minimum Gasteiger partial charge on any atom is -0.355 e. The van der Waals surface area contributed by atoms with E-state index in [1.54, 1.807) is 20.2 Å².